The molecular formula is C23H25O4P. The summed E-state index contributed by atoms with van der Waals surface area (Å²) in [5.74, 6) is 1.47. The van der Waals surface area contributed by atoms with Gasteiger partial charge in [-0.05, 0) is 68.5 Å². The van der Waals surface area contributed by atoms with Crippen molar-refractivity contribution in [1.82, 2.24) is 0 Å². The molecule has 0 aliphatic heterocycles. The molecule has 0 aromatic heterocycles. The van der Waals surface area contributed by atoms with Gasteiger partial charge in [-0.25, -0.2) is 0 Å². The Labute approximate surface area is 166 Å². The van der Waals surface area contributed by atoms with Crippen LogP contribution in [0, 0.1) is 34.6 Å². The van der Waals surface area contributed by atoms with Gasteiger partial charge >= 0.3 is 7.82 Å². The Bertz CT molecular complexity index is 945. The molecule has 0 saturated carbocycles. The Kier molecular flexibility index (Phi) is 5.81. The molecule has 0 radical (unpaired) electrons. The van der Waals surface area contributed by atoms with Gasteiger partial charge in [-0.2, -0.15) is 4.57 Å². The molecule has 0 aliphatic carbocycles. The number of rotatable bonds is 6. The maximum atomic E-state index is 13.8. The lowest BCUT2D eigenvalue weighted by Gasteiger charge is -2.23. The molecule has 28 heavy (non-hydrogen) atoms. The van der Waals surface area contributed by atoms with Crippen molar-refractivity contribution in [2.75, 3.05) is 0 Å². The summed E-state index contributed by atoms with van der Waals surface area (Å²) in [6, 6.07) is 18.8. The first-order chi connectivity index (χ1) is 13.3. The molecular weight excluding hydrogens is 371 g/mol. The van der Waals surface area contributed by atoms with Gasteiger partial charge in [0.05, 0.1) is 0 Å². The molecule has 0 aliphatic rings. The Morgan fingerprint density at radius 2 is 0.929 bits per heavy atom. The molecule has 0 heterocycles. The molecule has 0 atom stereocenters. The number of hydrogen-bond acceptors (Lipinski definition) is 4. The number of benzene rings is 3. The van der Waals surface area contributed by atoms with E-state index in [4.69, 9.17) is 13.6 Å². The predicted molar refractivity (Wildman–Crippen MR) is 113 cm³/mol. The average Bonchev–Trinajstić information content (AvgIpc) is 2.64. The van der Waals surface area contributed by atoms with Crippen molar-refractivity contribution in [3.8, 4) is 17.2 Å². The molecule has 3 aromatic carbocycles. The molecule has 5 heteroatoms. The van der Waals surface area contributed by atoms with Crippen LogP contribution >= 0.6 is 7.82 Å². The summed E-state index contributed by atoms with van der Waals surface area (Å²) in [7, 11) is -4.02. The van der Waals surface area contributed by atoms with Crippen LogP contribution in [0.5, 0.6) is 17.2 Å². The van der Waals surface area contributed by atoms with Crippen LogP contribution in [0.2, 0.25) is 0 Å². The van der Waals surface area contributed by atoms with Crippen LogP contribution in [0.3, 0.4) is 0 Å². The molecule has 0 fully saturated rings. The molecule has 0 bridgehead atoms. The van der Waals surface area contributed by atoms with E-state index >= 15 is 0 Å². The molecule has 4 nitrogen and oxygen atoms in total. The summed E-state index contributed by atoms with van der Waals surface area (Å²) in [5.41, 5.74) is 4.28. The molecule has 0 saturated heterocycles. The summed E-state index contributed by atoms with van der Waals surface area (Å²) in [5, 5.41) is 0. The van der Waals surface area contributed by atoms with Gasteiger partial charge in [0.15, 0.2) is 0 Å². The number of phosphoric ester groups is 1. The van der Waals surface area contributed by atoms with Crippen molar-refractivity contribution >= 4 is 7.82 Å². The first kappa shape index (κ1) is 20.0. The van der Waals surface area contributed by atoms with Gasteiger partial charge < -0.3 is 13.6 Å². The lowest BCUT2D eigenvalue weighted by molar-refractivity contribution is 0.295. The summed E-state index contributed by atoms with van der Waals surface area (Å²) < 4.78 is 31.6. The van der Waals surface area contributed by atoms with Crippen LogP contribution in [-0.4, -0.2) is 0 Å². The molecule has 0 N–H and O–H groups in total. The number of para-hydroxylation sites is 3. The fourth-order valence-corrected chi connectivity index (χ4v) is 4.53. The third-order valence-corrected chi connectivity index (χ3v) is 5.76. The zero-order valence-corrected chi connectivity index (χ0v) is 17.7. The van der Waals surface area contributed by atoms with Gasteiger partial charge in [0.2, 0.25) is 0 Å². The highest BCUT2D eigenvalue weighted by Gasteiger charge is 2.35. The first-order valence-corrected chi connectivity index (χ1v) is 10.6. The zero-order chi connectivity index (χ0) is 20.3. The lowest BCUT2D eigenvalue weighted by Crippen LogP contribution is -2.10. The summed E-state index contributed by atoms with van der Waals surface area (Å²) in [4.78, 5) is 0. The van der Waals surface area contributed by atoms with E-state index in [1.165, 1.54) is 0 Å². The minimum absolute atomic E-state index is 0.461. The van der Waals surface area contributed by atoms with E-state index in [1.54, 1.807) is 6.07 Å². The van der Waals surface area contributed by atoms with E-state index in [0.717, 1.165) is 27.8 Å². The van der Waals surface area contributed by atoms with E-state index < -0.39 is 7.82 Å². The van der Waals surface area contributed by atoms with Crippen LogP contribution in [0.25, 0.3) is 0 Å². The zero-order valence-electron chi connectivity index (χ0n) is 16.9. The Hall–Kier alpha value is -2.71. The smallest absolute Gasteiger partial charge is 0.386 e. The van der Waals surface area contributed by atoms with Gasteiger partial charge in [-0.15, -0.1) is 0 Å². The van der Waals surface area contributed by atoms with E-state index in [9.17, 15) is 4.57 Å². The van der Waals surface area contributed by atoms with Crippen molar-refractivity contribution in [3.05, 3.63) is 88.5 Å². The van der Waals surface area contributed by atoms with Gasteiger partial charge in [0.1, 0.15) is 17.2 Å². The molecule has 0 spiro atoms. The van der Waals surface area contributed by atoms with Crippen LogP contribution in [-0.2, 0) is 4.57 Å². The highest BCUT2D eigenvalue weighted by molar-refractivity contribution is 7.49. The van der Waals surface area contributed by atoms with Crippen molar-refractivity contribution in [2.45, 2.75) is 34.6 Å². The molecule has 0 unspecified atom stereocenters. The highest BCUT2D eigenvalue weighted by Crippen LogP contribution is 2.52. The van der Waals surface area contributed by atoms with E-state index in [0.29, 0.717) is 17.2 Å². The molecule has 146 valence electrons. The van der Waals surface area contributed by atoms with Crippen molar-refractivity contribution in [2.24, 2.45) is 0 Å². The summed E-state index contributed by atoms with van der Waals surface area (Å²) in [6.45, 7) is 9.50. The second-order valence-electron chi connectivity index (χ2n) is 6.93. The number of hydrogen-bond donors (Lipinski definition) is 0. The number of aryl methyl sites for hydroxylation is 5. The van der Waals surface area contributed by atoms with Gasteiger partial charge in [-0.1, -0.05) is 54.6 Å². The van der Waals surface area contributed by atoms with E-state index in [2.05, 4.69) is 0 Å². The fraction of sp³-hybridized carbons (Fsp3) is 0.217. The lowest BCUT2D eigenvalue weighted by atomic mass is 10.1. The normalized spacial score (nSPS) is 11.2. The molecule has 3 rings (SSSR count). The molecule has 0 amide bonds. The maximum absolute atomic E-state index is 13.8. The second-order valence-corrected chi connectivity index (χ2v) is 8.37. The van der Waals surface area contributed by atoms with Crippen molar-refractivity contribution in [1.29, 1.82) is 0 Å². The SMILES string of the molecule is Cc1ccccc1OP(=O)(Oc1c(C)cccc1C)Oc1c(C)cccc1C. The largest absolute Gasteiger partial charge is 0.647 e. The van der Waals surface area contributed by atoms with Gasteiger partial charge in [0, 0.05) is 0 Å². The van der Waals surface area contributed by atoms with E-state index in [-0.39, 0.29) is 0 Å². The minimum Gasteiger partial charge on any atom is -0.386 e. The third kappa shape index (κ3) is 4.40. The standard InChI is InChI=1S/C23H25O4P/c1-16-10-6-7-15-21(16)25-28(24,26-22-17(2)11-8-12-18(22)3)27-23-19(4)13-9-14-20(23)5/h6-15H,1-5H3. The quantitative estimate of drug-likeness (QED) is 0.426. The monoisotopic (exact) mass is 396 g/mol. The maximum Gasteiger partial charge on any atom is 0.647 e. The fourth-order valence-electron chi connectivity index (χ4n) is 2.95. The Morgan fingerprint density at radius 1 is 0.536 bits per heavy atom. The summed E-state index contributed by atoms with van der Waals surface area (Å²) >= 11 is 0. The number of phosphoric acid groups is 1. The van der Waals surface area contributed by atoms with Crippen molar-refractivity contribution in [3.63, 3.8) is 0 Å². The van der Waals surface area contributed by atoms with Gasteiger partial charge in [0.25, 0.3) is 0 Å². The van der Waals surface area contributed by atoms with Crippen molar-refractivity contribution < 1.29 is 18.1 Å². The first-order valence-electron chi connectivity index (χ1n) is 9.16. The predicted octanol–water partition coefficient (Wildman–Crippen LogP) is 6.87. The van der Waals surface area contributed by atoms with Crippen LogP contribution in [0.1, 0.15) is 27.8 Å². The van der Waals surface area contributed by atoms with Gasteiger partial charge in [-0.3, -0.25) is 0 Å². The second kappa shape index (κ2) is 8.12. The Morgan fingerprint density at radius 3 is 1.36 bits per heavy atom. The average molecular weight is 396 g/mol. The third-order valence-electron chi connectivity index (χ3n) is 4.53. The molecule has 3 aromatic rings. The minimum atomic E-state index is -4.02. The van der Waals surface area contributed by atoms with Crippen LogP contribution < -0.4 is 13.6 Å². The Balaban J connectivity index is 2.05. The topological polar surface area (TPSA) is 44.8 Å². The van der Waals surface area contributed by atoms with Crippen LogP contribution in [0.4, 0.5) is 0 Å². The van der Waals surface area contributed by atoms with Crippen LogP contribution in [0.15, 0.2) is 60.7 Å². The van der Waals surface area contributed by atoms with E-state index in [1.807, 2.05) is 89.2 Å². The highest BCUT2D eigenvalue weighted by atomic mass is 31.2. The summed E-state index contributed by atoms with van der Waals surface area (Å²) in [6.07, 6.45) is 0.